The first kappa shape index (κ1) is 16.6. The molecule has 2 amide bonds. The molecule has 130 valence electrons. The second-order valence-corrected chi connectivity index (χ2v) is 6.08. The number of nitrogens with one attached hydrogen (secondary N) is 2. The van der Waals surface area contributed by atoms with E-state index >= 15 is 0 Å². The maximum absolute atomic E-state index is 12.8. The standard InChI is InChI=1S/C15H18F3N5O/c1-23-5-4-9(20-14(19)24)7-12(23)13-21-10-3-2-8(15(16,17)18)6-11(10)22-13/h2-3,6,9,12H,4-5,7H2,1H3,(H,21,22)(H3,19,20,24). The zero-order valence-electron chi connectivity index (χ0n) is 13.0. The first-order chi connectivity index (χ1) is 11.2. The van der Waals surface area contributed by atoms with E-state index in [2.05, 4.69) is 20.2 Å². The van der Waals surface area contributed by atoms with Gasteiger partial charge in [-0.15, -0.1) is 0 Å². The molecule has 1 aliphatic rings. The number of rotatable bonds is 2. The van der Waals surface area contributed by atoms with Gasteiger partial charge < -0.3 is 16.0 Å². The minimum Gasteiger partial charge on any atom is -0.352 e. The number of likely N-dealkylation sites (tertiary alicyclic amines) is 1. The van der Waals surface area contributed by atoms with Crippen molar-refractivity contribution in [2.75, 3.05) is 13.6 Å². The smallest absolute Gasteiger partial charge is 0.352 e. The first-order valence-corrected chi connectivity index (χ1v) is 7.57. The highest BCUT2D eigenvalue weighted by molar-refractivity contribution is 5.76. The topological polar surface area (TPSA) is 87.0 Å². The van der Waals surface area contributed by atoms with E-state index in [0.29, 0.717) is 23.3 Å². The zero-order valence-corrected chi connectivity index (χ0v) is 13.0. The lowest BCUT2D eigenvalue weighted by atomic mass is 9.97. The van der Waals surface area contributed by atoms with E-state index in [9.17, 15) is 18.0 Å². The molecule has 2 heterocycles. The van der Waals surface area contributed by atoms with Gasteiger partial charge in [0.05, 0.1) is 22.6 Å². The van der Waals surface area contributed by atoms with Crippen LogP contribution in [0.2, 0.25) is 0 Å². The van der Waals surface area contributed by atoms with Gasteiger partial charge in [-0.1, -0.05) is 0 Å². The predicted molar refractivity (Wildman–Crippen MR) is 82.2 cm³/mol. The Kier molecular flexibility index (Phi) is 4.12. The molecule has 1 aliphatic heterocycles. The summed E-state index contributed by atoms with van der Waals surface area (Å²) in [5.74, 6) is 0.586. The number of aromatic amines is 1. The van der Waals surface area contributed by atoms with Crippen molar-refractivity contribution in [3.05, 3.63) is 29.6 Å². The van der Waals surface area contributed by atoms with E-state index in [1.165, 1.54) is 6.07 Å². The molecule has 3 rings (SSSR count). The van der Waals surface area contributed by atoms with Gasteiger partial charge >= 0.3 is 12.2 Å². The van der Waals surface area contributed by atoms with Gasteiger partial charge in [-0.25, -0.2) is 9.78 Å². The third-order valence-electron chi connectivity index (χ3n) is 4.36. The molecule has 6 nitrogen and oxygen atoms in total. The van der Waals surface area contributed by atoms with E-state index < -0.39 is 17.8 Å². The van der Waals surface area contributed by atoms with Crippen molar-refractivity contribution in [2.45, 2.75) is 31.1 Å². The Morgan fingerprint density at radius 1 is 1.46 bits per heavy atom. The molecule has 1 fully saturated rings. The second kappa shape index (κ2) is 5.97. The Morgan fingerprint density at radius 2 is 2.21 bits per heavy atom. The van der Waals surface area contributed by atoms with Crippen molar-refractivity contribution in [1.82, 2.24) is 20.2 Å². The molecular formula is C15H18F3N5O. The van der Waals surface area contributed by atoms with Crippen LogP contribution in [0.3, 0.4) is 0 Å². The summed E-state index contributed by atoms with van der Waals surface area (Å²) in [4.78, 5) is 20.5. The third-order valence-corrected chi connectivity index (χ3v) is 4.36. The minimum atomic E-state index is -4.39. The highest BCUT2D eigenvalue weighted by atomic mass is 19.4. The van der Waals surface area contributed by atoms with Crippen molar-refractivity contribution >= 4 is 17.1 Å². The summed E-state index contributed by atoms with van der Waals surface area (Å²) in [7, 11) is 1.92. The second-order valence-electron chi connectivity index (χ2n) is 6.08. The van der Waals surface area contributed by atoms with Crippen LogP contribution in [-0.2, 0) is 6.18 Å². The number of fused-ring (bicyclic) bond motifs is 1. The molecule has 24 heavy (non-hydrogen) atoms. The maximum Gasteiger partial charge on any atom is 0.416 e. The van der Waals surface area contributed by atoms with Crippen LogP contribution >= 0.6 is 0 Å². The SMILES string of the molecule is CN1CCC(NC(N)=O)CC1c1nc2ccc(C(F)(F)F)cc2[nH]1. The van der Waals surface area contributed by atoms with Crippen molar-refractivity contribution in [3.8, 4) is 0 Å². The Labute approximate surface area is 136 Å². The van der Waals surface area contributed by atoms with Gasteiger partial charge in [0.2, 0.25) is 0 Å². The van der Waals surface area contributed by atoms with Gasteiger partial charge in [-0.05, 0) is 38.1 Å². The quantitative estimate of drug-likeness (QED) is 0.784. The molecule has 1 aromatic carbocycles. The number of piperidine rings is 1. The highest BCUT2D eigenvalue weighted by Crippen LogP contribution is 2.33. The average molecular weight is 341 g/mol. The Hall–Kier alpha value is -2.29. The molecule has 1 aromatic heterocycles. The van der Waals surface area contributed by atoms with E-state index in [-0.39, 0.29) is 12.1 Å². The summed E-state index contributed by atoms with van der Waals surface area (Å²) >= 11 is 0. The summed E-state index contributed by atoms with van der Waals surface area (Å²) in [6.07, 6.45) is -3.04. The monoisotopic (exact) mass is 341 g/mol. The molecule has 2 atom stereocenters. The van der Waals surface area contributed by atoms with E-state index in [1.54, 1.807) is 0 Å². The molecule has 2 unspecified atom stereocenters. The number of nitrogens with zero attached hydrogens (tertiary/aromatic N) is 2. The number of hydrogen-bond donors (Lipinski definition) is 3. The van der Waals surface area contributed by atoms with Crippen LogP contribution in [0.5, 0.6) is 0 Å². The lowest BCUT2D eigenvalue weighted by Crippen LogP contribution is -2.46. The van der Waals surface area contributed by atoms with E-state index in [4.69, 9.17) is 5.73 Å². The van der Waals surface area contributed by atoms with Gasteiger partial charge in [-0.3, -0.25) is 4.90 Å². The fourth-order valence-corrected chi connectivity index (χ4v) is 3.10. The summed E-state index contributed by atoms with van der Waals surface area (Å²) in [6.45, 7) is 0.723. The summed E-state index contributed by atoms with van der Waals surface area (Å²) < 4.78 is 38.5. The van der Waals surface area contributed by atoms with Gasteiger partial charge in [0.1, 0.15) is 5.82 Å². The number of amides is 2. The molecule has 1 saturated heterocycles. The summed E-state index contributed by atoms with van der Waals surface area (Å²) in [6, 6.07) is 2.66. The normalized spacial score (nSPS) is 22.7. The van der Waals surface area contributed by atoms with Crippen molar-refractivity contribution < 1.29 is 18.0 Å². The molecule has 0 saturated carbocycles. The van der Waals surface area contributed by atoms with Crippen LogP contribution in [-0.4, -0.2) is 40.5 Å². The van der Waals surface area contributed by atoms with Crippen LogP contribution in [0.4, 0.5) is 18.0 Å². The van der Waals surface area contributed by atoms with E-state index in [1.807, 2.05) is 7.05 Å². The fraction of sp³-hybridized carbons (Fsp3) is 0.467. The number of hydrogen-bond acceptors (Lipinski definition) is 3. The van der Waals surface area contributed by atoms with Crippen LogP contribution in [0.25, 0.3) is 11.0 Å². The number of carbonyl (C=O) groups is 1. The van der Waals surface area contributed by atoms with Crippen LogP contribution < -0.4 is 11.1 Å². The van der Waals surface area contributed by atoms with Gasteiger partial charge in [0.25, 0.3) is 0 Å². The molecule has 0 aliphatic carbocycles. The molecule has 0 bridgehead atoms. The van der Waals surface area contributed by atoms with Crippen LogP contribution in [0.1, 0.15) is 30.3 Å². The first-order valence-electron chi connectivity index (χ1n) is 7.57. The number of alkyl halides is 3. The number of imidazole rings is 1. The number of urea groups is 1. The molecule has 9 heteroatoms. The van der Waals surface area contributed by atoms with E-state index in [0.717, 1.165) is 25.1 Å². The number of benzene rings is 1. The summed E-state index contributed by atoms with van der Waals surface area (Å²) in [5, 5.41) is 2.69. The molecule has 4 N–H and O–H groups in total. The Balaban J connectivity index is 1.88. The largest absolute Gasteiger partial charge is 0.416 e. The number of carbonyl (C=O) groups excluding carboxylic acids is 1. The van der Waals surface area contributed by atoms with Crippen LogP contribution in [0, 0.1) is 0 Å². The van der Waals surface area contributed by atoms with Gasteiger partial charge in [-0.2, -0.15) is 13.2 Å². The summed E-state index contributed by atoms with van der Waals surface area (Å²) in [5.41, 5.74) is 5.28. The number of primary amides is 1. The van der Waals surface area contributed by atoms with Gasteiger partial charge in [0, 0.05) is 12.6 Å². The van der Waals surface area contributed by atoms with Crippen LogP contribution in [0.15, 0.2) is 18.2 Å². The van der Waals surface area contributed by atoms with Crippen molar-refractivity contribution in [2.24, 2.45) is 5.73 Å². The molecular weight excluding hydrogens is 323 g/mol. The number of H-pyrrole nitrogens is 1. The lowest BCUT2D eigenvalue weighted by Gasteiger charge is -2.36. The number of nitrogens with two attached hydrogens (primary N) is 1. The molecule has 0 spiro atoms. The minimum absolute atomic E-state index is 0.0809. The lowest BCUT2D eigenvalue weighted by molar-refractivity contribution is -0.137. The van der Waals surface area contributed by atoms with Gasteiger partial charge in [0.15, 0.2) is 0 Å². The van der Waals surface area contributed by atoms with Crippen molar-refractivity contribution in [1.29, 1.82) is 0 Å². The molecule has 0 radical (unpaired) electrons. The maximum atomic E-state index is 12.8. The Morgan fingerprint density at radius 3 is 2.88 bits per heavy atom. The zero-order chi connectivity index (χ0) is 17.5. The fourth-order valence-electron chi connectivity index (χ4n) is 3.10. The highest BCUT2D eigenvalue weighted by Gasteiger charge is 2.32. The third kappa shape index (κ3) is 3.30. The van der Waals surface area contributed by atoms with Crippen molar-refractivity contribution in [3.63, 3.8) is 0 Å². The molecule has 2 aromatic rings. The Bertz CT molecular complexity index is 757. The number of halogens is 3. The predicted octanol–water partition coefficient (Wildman–Crippen LogP) is 2.39. The number of aromatic nitrogens is 2. The average Bonchev–Trinajstić information content (AvgIpc) is 2.90.